The fourth-order valence-corrected chi connectivity index (χ4v) is 4.83. The van der Waals surface area contributed by atoms with E-state index < -0.39 is 0 Å². The third kappa shape index (κ3) is 4.06. The first-order valence-corrected chi connectivity index (χ1v) is 10.0. The van der Waals surface area contributed by atoms with Gasteiger partial charge in [-0.05, 0) is 26.0 Å². The van der Waals surface area contributed by atoms with E-state index in [0.29, 0.717) is 11.4 Å². The molecular weight excluding hydrogens is 360 g/mol. The molecule has 0 saturated carbocycles. The number of aromatic nitrogens is 4. The van der Waals surface area contributed by atoms with Crippen LogP contribution < -0.4 is 5.56 Å². The summed E-state index contributed by atoms with van der Waals surface area (Å²) in [5.41, 5.74) is 3.37. The summed E-state index contributed by atoms with van der Waals surface area (Å²) in [4.78, 5) is 16.8. The van der Waals surface area contributed by atoms with Gasteiger partial charge in [-0.3, -0.25) is 9.20 Å². The highest BCUT2D eigenvalue weighted by molar-refractivity contribution is 8.03. The van der Waals surface area contributed by atoms with E-state index in [-0.39, 0.29) is 5.56 Å². The molecule has 0 spiro atoms. The Morgan fingerprint density at radius 2 is 2.04 bits per heavy atom. The average molecular weight is 377 g/mol. The molecule has 0 radical (unpaired) electrons. The predicted octanol–water partition coefficient (Wildman–Crippen LogP) is 3.81. The lowest BCUT2D eigenvalue weighted by Crippen LogP contribution is -2.17. The first-order valence-electron chi connectivity index (χ1n) is 7.25. The number of pyridine rings is 1. The van der Waals surface area contributed by atoms with Gasteiger partial charge in [-0.2, -0.15) is 0 Å². The number of hydrogen-bond donors (Lipinski definition) is 0. The largest absolute Gasteiger partial charge is 0.269 e. The van der Waals surface area contributed by atoms with Crippen LogP contribution in [0.3, 0.4) is 0 Å². The van der Waals surface area contributed by atoms with Crippen molar-refractivity contribution in [3.05, 3.63) is 58.2 Å². The van der Waals surface area contributed by atoms with E-state index in [0.717, 1.165) is 31.4 Å². The third-order valence-corrected chi connectivity index (χ3v) is 6.56. The molecule has 3 rings (SSSR count). The topological polar surface area (TPSA) is 60.2 Å². The van der Waals surface area contributed by atoms with E-state index in [1.807, 2.05) is 32.0 Å². The van der Waals surface area contributed by atoms with Crippen LogP contribution in [0.15, 0.2) is 49.9 Å². The molecule has 0 aliphatic carbocycles. The number of nitrogens with zero attached hydrogens (tertiary/aromatic N) is 4. The number of aryl methyl sites for hydroxylation is 1. The molecule has 0 aliphatic heterocycles. The van der Waals surface area contributed by atoms with Gasteiger partial charge in [0, 0.05) is 23.3 Å². The van der Waals surface area contributed by atoms with Crippen LogP contribution in [0.2, 0.25) is 0 Å². The van der Waals surface area contributed by atoms with Crippen molar-refractivity contribution in [3.63, 3.8) is 0 Å². The van der Waals surface area contributed by atoms with Crippen molar-refractivity contribution in [2.45, 2.75) is 28.3 Å². The molecule has 5 nitrogen and oxygen atoms in total. The van der Waals surface area contributed by atoms with Crippen LogP contribution >= 0.6 is 34.9 Å². The van der Waals surface area contributed by atoms with Crippen LogP contribution in [0.5, 0.6) is 0 Å². The van der Waals surface area contributed by atoms with Crippen LogP contribution in [0.4, 0.5) is 0 Å². The van der Waals surface area contributed by atoms with Crippen LogP contribution in [0, 0.1) is 6.92 Å². The lowest BCUT2D eigenvalue weighted by atomic mass is 10.3. The molecule has 24 heavy (non-hydrogen) atoms. The summed E-state index contributed by atoms with van der Waals surface area (Å²) in [5, 5.41) is 8.34. The summed E-state index contributed by atoms with van der Waals surface area (Å²) in [6, 6.07) is 7.24. The number of rotatable bonds is 6. The SMILES string of the molecule is C=C(C)CSc1nnc(SCc2cc(=O)n3c(C)cccc3n2)s1. The van der Waals surface area contributed by atoms with E-state index in [9.17, 15) is 4.79 Å². The minimum absolute atomic E-state index is 0.0522. The maximum absolute atomic E-state index is 12.3. The van der Waals surface area contributed by atoms with Crippen molar-refractivity contribution in [3.8, 4) is 0 Å². The van der Waals surface area contributed by atoms with Crippen molar-refractivity contribution in [1.82, 2.24) is 19.6 Å². The van der Waals surface area contributed by atoms with Gasteiger partial charge in [-0.1, -0.05) is 53.1 Å². The zero-order chi connectivity index (χ0) is 17.1. The molecule has 124 valence electrons. The van der Waals surface area contributed by atoms with E-state index in [4.69, 9.17) is 0 Å². The normalized spacial score (nSPS) is 11.1. The Morgan fingerprint density at radius 1 is 1.29 bits per heavy atom. The van der Waals surface area contributed by atoms with Gasteiger partial charge in [-0.25, -0.2) is 4.98 Å². The maximum Gasteiger partial charge on any atom is 0.258 e. The first-order chi connectivity index (χ1) is 11.5. The molecule has 8 heteroatoms. The molecule has 0 amide bonds. The highest BCUT2D eigenvalue weighted by atomic mass is 32.2. The molecule has 0 atom stereocenters. The highest BCUT2D eigenvalue weighted by Crippen LogP contribution is 2.30. The fraction of sp³-hybridized carbons (Fsp3) is 0.250. The van der Waals surface area contributed by atoms with Crippen LogP contribution in [-0.4, -0.2) is 25.3 Å². The van der Waals surface area contributed by atoms with Gasteiger partial charge in [0.15, 0.2) is 8.68 Å². The summed E-state index contributed by atoms with van der Waals surface area (Å²) >= 11 is 4.74. The molecule has 0 fully saturated rings. The monoisotopic (exact) mass is 376 g/mol. The van der Waals surface area contributed by atoms with E-state index >= 15 is 0 Å². The molecule has 0 saturated heterocycles. The maximum atomic E-state index is 12.3. The number of thioether (sulfide) groups is 2. The van der Waals surface area contributed by atoms with E-state index in [1.165, 1.54) is 0 Å². The standard InChI is InChI=1S/C16H16N4OS3/c1-10(2)8-22-15-18-19-16(24-15)23-9-12-7-14(21)20-11(3)5-4-6-13(20)17-12/h4-7H,1,8-9H2,2-3H3. The second-order valence-corrected chi connectivity index (χ2v) is 8.74. The van der Waals surface area contributed by atoms with Gasteiger partial charge in [0.05, 0.1) is 5.69 Å². The summed E-state index contributed by atoms with van der Waals surface area (Å²) in [6.45, 7) is 7.78. The molecule has 3 aromatic rings. The Balaban J connectivity index is 1.72. The second-order valence-electron chi connectivity index (χ2n) is 5.31. The van der Waals surface area contributed by atoms with Gasteiger partial charge in [0.2, 0.25) is 0 Å². The second kappa shape index (κ2) is 7.50. The van der Waals surface area contributed by atoms with Gasteiger partial charge in [0.25, 0.3) is 5.56 Å². The molecule has 0 N–H and O–H groups in total. The van der Waals surface area contributed by atoms with Gasteiger partial charge >= 0.3 is 0 Å². The van der Waals surface area contributed by atoms with Gasteiger partial charge < -0.3 is 0 Å². The Bertz CT molecular complexity index is 948. The molecule has 0 aromatic carbocycles. The Morgan fingerprint density at radius 3 is 2.79 bits per heavy atom. The van der Waals surface area contributed by atoms with Gasteiger partial charge in [0.1, 0.15) is 5.65 Å². The van der Waals surface area contributed by atoms with E-state index in [2.05, 4.69) is 21.8 Å². The van der Waals surface area contributed by atoms with Crippen molar-refractivity contribution < 1.29 is 0 Å². The van der Waals surface area contributed by atoms with Crippen molar-refractivity contribution in [1.29, 1.82) is 0 Å². The minimum Gasteiger partial charge on any atom is -0.269 e. The summed E-state index contributed by atoms with van der Waals surface area (Å²) in [5.74, 6) is 1.45. The molecule has 3 aromatic heterocycles. The molecule has 0 unspecified atom stereocenters. The zero-order valence-corrected chi connectivity index (χ0v) is 15.8. The highest BCUT2D eigenvalue weighted by Gasteiger charge is 2.08. The minimum atomic E-state index is -0.0522. The Labute approximate surface area is 152 Å². The van der Waals surface area contributed by atoms with Crippen LogP contribution in [-0.2, 0) is 5.75 Å². The van der Waals surface area contributed by atoms with Gasteiger partial charge in [-0.15, -0.1) is 10.2 Å². The summed E-state index contributed by atoms with van der Waals surface area (Å²) in [7, 11) is 0. The first kappa shape index (κ1) is 17.2. The van der Waals surface area contributed by atoms with Crippen LogP contribution in [0.25, 0.3) is 5.65 Å². The van der Waals surface area contributed by atoms with Crippen molar-refractivity contribution in [2.24, 2.45) is 0 Å². The number of hydrogen-bond acceptors (Lipinski definition) is 7. The quantitative estimate of drug-likeness (QED) is 0.481. The van der Waals surface area contributed by atoms with Crippen molar-refractivity contribution in [2.75, 3.05) is 5.75 Å². The average Bonchev–Trinajstić information content (AvgIpc) is 2.99. The zero-order valence-electron chi connectivity index (χ0n) is 13.4. The Kier molecular flexibility index (Phi) is 5.37. The fourth-order valence-electron chi connectivity index (χ4n) is 2.07. The lowest BCUT2D eigenvalue weighted by Gasteiger charge is -2.05. The Hall–Kier alpha value is -1.64. The molecule has 0 bridgehead atoms. The third-order valence-electron chi connectivity index (χ3n) is 3.11. The number of fused-ring (bicyclic) bond motifs is 1. The molecule has 3 heterocycles. The smallest absolute Gasteiger partial charge is 0.258 e. The molecule has 0 aliphatic rings. The van der Waals surface area contributed by atoms with E-state index in [1.54, 1.807) is 45.3 Å². The van der Waals surface area contributed by atoms with Crippen molar-refractivity contribution >= 4 is 40.5 Å². The van der Waals surface area contributed by atoms with Crippen LogP contribution in [0.1, 0.15) is 18.3 Å². The molecular formula is C16H16N4OS3. The summed E-state index contributed by atoms with van der Waals surface area (Å²) in [6.07, 6.45) is 0. The summed E-state index contributed by atoms with van der Waals surface area (Å²) < 4.78 is 3.43. The predicted molar refractivity (Wildman–Crippen MR) is 101 cm³/mol. The lowest BCUT2D eigenvalue weighted by molar-refractivity contribution is 0.951.